The first kappa shape index (κ1) is 12.7. The quantitative estimate of drug-likeness (QED) is 0.838. The molecule has 1 aromatic heterocycles. The molecule has 0 spiro atoms. The van der Waals surface area contributed by atoms with Gasteiger partial charge in [-0.15, -0.1) is 11.3 Å². The minimum absolute atomic E-state index is 0.0815. The molecule has 0 fully saturated rings. The Hall–Kier alpha value is -0.410. The smallest absolute Gasteiger partial charge is 0.0930 e. The summed E-state index contributed by atoms with van der Waals surface area (Å²) < 4.78 is 0. The summed E-state index contributed by atoms with van der Waals surface area (Å²) in [5.41, 5.74) is 7.07. The molecule has 1 aromatic rings. The summed E-state index contributed by atoms with van der Waals surface area (Å²) in [7, 11) is 0. The van der Waals surface area contributed by atoms with Gasteiger partial charge < -0.3 is 5.73 Å². The Morgan fingerprint density at radius 3 is 2.67 bits per heavy atom. The van der Waals surface area contributed by atoms with E-state index in [-0.39, 0.29) is 5.54 Å². The van der Waals surface area contributed by atoms with Crippen molar-refractivity contribution in [3.05, 3.63) is 16.1 Å². The average molecular weight is 226 g/mol. The molecule has 0 saturated carbocycles. The molecule has 0 atom stereocenters. The molecule has 0 bridgehead atoms. The molecule has 0 aliphatic carbocycles. The largest absolute Gasteiger partial charge is 0.326 e. The Morgan fingerprint density at radius 2 is 2.13 bits per heavy atom. The normalized spacial score (nSPS) is 12.4. The molecule has 0 aromatic carbocycles. The van der Waals surface area contributed by atoms with Gasteiger partial charge in [-0.3, -0.25) is 0 Å². The van der Waals surface area contributed by atoms with Crippen molar-refractivity contribution in [3.8, 4) is 0 Å². The first-order valence-corrected chi connectivity index (χ1v) is 6.47. The molecule has 86 valence electrons. The predicted molar refractivity (Wildman–Crippen MR) is 67.2 cm³/mol. The third kappa shape index (κ3) is 5.28. The van der Waals surface area contributed by atoms with Gasteiger partial charge in [0.25, 0.3) is 0 Å². The van der Waals surface area contributed by atoms with Crippen LogP contribution in [0.4, 0.5) is 0 Å². The maximum atomic E-state index is 5.95. The van der Waals surface area contributed by atoms with Crippen molar-refractivity contribution < 1.29 is 0 Å². The van der Waals surface area contributed by atoms with Crippen LogP contribution >= 0.6 is 11.3 Å². The second kappa shape index (κ2) is 5.08. The number of nitrogens with two attached hydrogens (primary N) is 1. The standard InChI is InChI=1S/C12H22N2S/c1-9(2)7-11-14-10(8-15-11)5-6-12(3,4)13/h8-9H,5-7,13H2,1-4H3. The second-order valence-electron chi connectivity index (χ2n) is 5.32. The fourth-order valence-electron chi connectivity index (χ4n) is 1.36. The van der Waals surface area contributed by atoms with E-state index in [0.717, 1.165) is 19.3 Å². The van der Waals surface area contributed by atoms with Crippen molar-refractivity contribution in [2.45, 2.75) is 52.5 Å². The summed E-state index contributed by atoms with van der Waals surface area (Å²) in [6.45, 7) is 8.58. The van der Waals surface area contributed by atoms with E-state index in [9.17, 15) is 0 Å². The molecular formula is C12H22N2S. The minimum atomic E-state index is -0.0815. The number of aryl methyl sites for hydroxylation is 1. The van der Waals surface area contributed by atoms with E-state index in [2.05, 4.69) is 38.1 Å². The maximum absolute atomic E-state index is 5.95. The molecule has 2 nitrogen and oxygen atoms in total. The van der Waals surface area contributed by atoms with Crippen LogP contribution in [0.5, 0.6) is 0 Å². The van der Waals surface area contributed by atoms with Crippen LogP contribution < -0.4 is 5.73 Å². The zero-order valence-electron chi connectivity index (χ0n) is 10.2. The Bertz CT molecular complexity index is 297. The number of nitrogens with zero attached hydrogens (tertiary/aromatic N) is 1. The van der Waals surface area contributed by atoms with Crippen molar-refractivity contribution in [2.24, 2.45) is 11.7 Å². The first-order chi connectivity index (χ1) is 6.87. The fraction of sp³-hybridized carbons (Fsp3) is 0.750. The lowest BCUT2D eigenvalue weighted by Gasteiger charge is -2.16. The highest BCUT2D eigenvalue weighted by Crippen LogP contribution is 2.17. The van der Waals surface area contributed by atoms with Gasteiger partial charge in [-0.2, -0.15) is 0 Å². The maximum Gasteiger partial charge on any atom is 0.0930 e. The molecule has 1 rings (SSSR count). The van der Waals surface area contributed by atoms with Gasteiger partial charge in [-0.25, -0.2) is 4.98 Å². The summed E-state index contributed by atoms with van der Waals surface area (Å²) in [4.78, 5) is 4.62. The van der Waals surface area contributed by atoms with E-state index in [1.54, 1.807) is 11.3 Å². The molecule has 0 radical (unpaired) electrons. The summed E-state index contributed by atoms with van der Waals surface area (Å²) in [5.74, 6) is 0.690. The Balaban J connectivity index is 2.46. The first-order valence-electron chi connectivity index (χ1n) is 5.59. The van der Waals surface area contributed by atoms with Crippen molar-refractivity contribution in [2.75, 3.05) is 0 Å². The molecule has 2 N–H and O–H groups in total. The number of thiazole rings is 1. The second-order valence-corrected chi connectivity index (χ2v) is 6.26. The monoisotopic (exact) mass is 226 g/mol. The van der Waals surface area contributed by atoms with E-state index in [1.165, 1.54) is 10.7 Å². The third-order valence-electron chi connectivity index (χ3n) is 2.21. The zero-order chi connectivity index (χ0) is 11.5. The topological polar surface area (TPSA) is 38.9 Å². The SMILES string of the molecule is CC(C)Cc1nc(CCC(C)(C)N)cs1. The van der Waals surface area contributed by atoms with Crippen molar-refractivity contribution in [1.82, 2.24) is 4.98 Å². The molecule has 1 heterocycles. The van der Waals surface area contributed by atoms with Gasteiger partial charge >= 0.3 is 0 Å². The number of hydrogen-bond donors (Lipinski definition) is 1. The Labute approximate surface area is 96.9 Å². The van der Waals surface area contributed by atoms with Crippen molar-refractivity contribution >= 4 is 11.3 Å². The Kier molecular flexibility index (Phi) is 4.29. The van der Waals surface area contributed by atoms with E-state index in [0.29, 0.717) is 5.92 Å². The van der Waals surface area contributed by atoms with E-state index < -0.39 is 0 Å². The fourth-order valence-corrected chi connectivity index (χ4v) is 2.40. The molecule has 0 aliphatic rings. The molecule has 0 amide bonds. The highest BCUT2D eigenvalue weighted by atomic mass is 32.1. The van der Waals surface area contributed by atoms with Crippen LogP contribution in [-0.2, 0) is 12.8 Å². The zero-order valence-corrected chi connectivity index (χ0v) is 11.0. The summed E-state index contributed by atoms with van der Waals surface area (Å²) >= 11 is 1.78. The highest BCUT2D eigenvalue weighted by molar-refractivity contribution is 7.09. The van der Waals surface area contributed by atoms with Crippen molar-refractivity contribution in [3.63, 3.8) is 0 Å². The van der Waals surface area contributed by atoms with Crippen LogP contribution in [0.2, 0.25) is 0 Å². The van der Waals surface area contributed by atoms with Gasteiger partial charge in [-0.1, -0.05) is 13.8 Å². The van der Waals surface area contributed by atoms with Crippen molar-refractivity contribution in [1.29, 1.82) is 0 Å². The number of hydrogen-bond acceptors (Lipinski definition) is 3. The van der Waals surface area contributed by atoms with Crippen LogP contribution in [0.1, 0.15) is 44.8 Å². The van der Waals surface area contributed by atoms with Crippen LogP contribution in [0.25, 0.3) is 0 Å². The lowest BCUT2D eigenvalue weighted by atomic mass is 9.99. The summed E-state index contributed by atoms with van der Waals surface area (Å²) in [6.07, 6.45) is 3.09. The number of aromatic nitrogens is 1. The van der Waals surface area contributed by atoms with Gasteiger partial charge in [-0.05, 0) is 32.6 Å². The van der Waals surface area contributed by atoms with E-state index >= 15 is 0 Å². The molecule has 0 saturated heterocycles. The van der Waals surface area contributed by atoms with Crippen LogP contribution in [-0.4, -0.2) is 10.5 Å². The Morgan fingerprint density at radius 1 is 1.47 bits per heavy atom. The lowest BCUT2D eigenvalue weighted by Crippen LogP contribution is -2.32. The van der Waals surface area contributed by atoms with Crippen LogP contribution in [0.15, 0.2) is 5.38 Å². The number of rotatable bonds is 5. The van der Waals surface area contributed by atoms with Gasteiger partial charge in [0, 0.05) is 17.3 Å². The third-order valence-corrected chi connectivity index (χ3v) is 3.13. The van der Waals surface area contributed by atoms with Gasteiger partial charge in [0.2, 0.25) is 0 Å². The molecule has 15 heavy (non-hydrogen) atoms. The van der Waals surface area contributed by atoms with Gasteiger partial charge in [0.05, 0.1) is 10.7 Å². The predicted octanol–water partition coefficient (Wildman–Crippen LogP) is 3.01. The molecular weight excluding hydrogens is 204 g/mol. The molecule has 3 heteroatoms. The van der Waals surface area contributed by atoms with Gasteiger partial charge in [0.1, 0.15) is 0 Å². The van der Waals surface area contributed by atoms with Crippen LogP contribution in [0, 0.1) is 5.92 Å². The van der Waals surface area contributed by atoms with Crippen LogP contribution in [0.3, 0.4) is 0 Å². The molecule has 0 unspecified atom stereocenters. The summed E-state index contributed by atoms with van der Waals surface area (Å²) in [6, 6.07) is 0. The average Bonchev–Trinajstić information content (AvgIpc) is 2.46. The van der Waals surface area contributed by atoms with Gasteiger partial charge in [0.15, 0.2) is 0 Å². The van der Waals surface area contributed by atoms with E-state index in [1.807, 2.05) is 0 Å². The van der Waals surface area contributed by atoms with E-state index in [4.69, 9.17) is 5.73 Å². The lowest BCUT2D eigenvalue weighted by molar-refractivity contribution is 0.474. The molecule has 0 aliphatic heterocycles. The highest BCUT2D eigenvalue weighted by Gasteiger charge is 2.12. The minimum Gasteiger partial charge on any atom is -0.326 e. The summed E-state index contributed by atoms with van der Waals surface area (Å²) in [5, 5.41) is 3.43.